The highest BCUT2D eigenvalue weighted by Gasteiger charge is 2.23. The standard InChI is InChI=1S/C13H20ClNO/c1-2-9-15-11(6-5-10-3-4-10)12-7-8-13(14)16-12/h7-8,10-11,15H,2-6,9H2,1H3. The van der Waals surface area contributed by atoms with Crippen LogP contribution in [0.3, 0.4) is 0 Å². The van der Waals surface area contributed by atoms with Crippen molar-refractivity contribution in [3.8, 4) is 0 Å². The fourth-order valence-corrected chi connectivity index (χ4v) is 2.14. The van der Waals surface area contributed by atoms with E-state index < -0.39 is 0 Å². The van der Waals surface area contributed by atoms with E-state index in [2.05, 4.69) is 12.2 Å². The minimum absolute atomic E-state index is 0.341. The van der Waals surface area contributed by atoms with E-state index in [-0.39, 0.29) is 0 Å². The monoisotopic (exact) mass is 241 g/mol. The Morgan fingerprint density at radius 1 is 1.50 bits per heavy atom. The molecule has 2 nitrogen and oxygen atoms in total. The lowest BCUT2D eigenvalue weighted by Gasteiger charge is -2.15. The van der Waals surface area contributed by atoms with Crippen LogP contribution in [0.15, 0.2) is 16.5 Å². The molecule has 2 rings (SSSR count). The maximum absolute atomic E-state index is 5.82. The van der Waals surface area contributed by atoms with Crippen molar-refractivity contribution in [3.05, 3.63) is 23.1 Å². The Kier molecular flexibility index (Phi) is 4.30. The predicted octanol–water partition coefficient (Wildman–Crippen LogP) is 4.16. The topological polar surface area (TPSA) is 25.2 Å². The third-order valence-electron chi connectivity index (χ3n) is 3.14. The number of nitrogens with one attached hydrogen (secondary N) is 1. The Hall–Kier alpha value is -0.470. The first-order valence-corrected chi connectivity index (χ1v) is 6.66. The molecule has 0 aliphatic heterocycles. The maximum Gasteiger partial charge on any atom is 0.193 e. The van der Waals surface area contributed by atoms with Crippen LogP contribution in [0, 0.1) is 5.92 Å². The van der Waals surface area contributed by atoms with Crippen molar-refractivity contribution >= 4 is 11.6 Å². The van der Waals surface area contributed by atoms with Gasteiger partial charge >= 0.3 is 0 Å². The molecular weight excluding hydrogens is 222 g/mol. The van der Waals surface area contributed by atoms with Gasteiger partial charge < -0.3 is 9.73 Å². The van der Waals surface area contributed by atoms with Crippen molar-refractivity contribution in [2.24, 2.45) is 5.92 Å². The third-order valence-corrected chi connectivity index (χ3v) is 3.34. The van der Waals surface area contributed by atoms with Crippen molar-refractivity contribution in [2.75, 3.05) is 6.54 Å². The summed E-state index contributed by atoms with van der Waals surface area (Å²) in [7, 11) is 0. The lowest BCUT2D eigenvalue weighted by Crippen LogP contribution is -2.21. The average Bonchev–Trinajstić information content (AvgIpc) is 3.01. The van der Waals surface area contributed by atoms with Gasteiger partial charge in [0.15, 0.2) is 5.22 Å². The van der Waals surface area contributed by atoms with Crippen LogP contribution in [0.1, 0.15) is 50.8 Å². The van der Waals surface area contributed by atoms with Crippen LogP contribution in [-0.2, 0) is 0 Å². The molecule has 1 aromatic rings. The largest absolute Gasteiger partial charge is 0.448 e. The number of hydrogen-bond acceptors (Lipinski definition) is 2. The molecule has 0 spiro atoms. The molecule has 1 aromatic heterocycles. The van der Waals surface area contributed by atoms with Crippen molar-refractivity contribution in [1.29, 1.82) is 0 Å². The Morgan fingerprint density at radius 3 is 2.88 bits per heavy atom. The van der Waals surface area contributed by atoms with Crippen molar-refractivity contribution in [2.45, 2.75) is 45.1 Å². The van der Waals surface area contributed by atoms with Crippen molar-refractivity contribution in [3.63, 3.8) is 0 Å². The molecule has 0 aromatic carbocycles. The van der Waals surface area contributed by atoms with Gasteiger partial charge in [-0.25, -0.2) is 0 Å². The normalized spacial score (nSPS) is 17.6. The van der Waals surface area contributed by atoms with Gasteiger partial charge in [0, 0.05) is 0 Å². The van der Waals surface area contributed by atoms with Gasteiger partial charge in [0.25, 0.3) is 0 Å². The summed E-state index contributed by atoms with van der Waals surface area (Å²) in [6, 6.07) is 4.16. The van der Waals surface area contributed by atoms with Gasteiger partial charge in [-0.2, -0.15) is 0 Å². The van der Waals surface area contributed by atoms with Crippen LogP contribution in [-0.4, -0.2) is 6.54 Å². The molecule has 0 bridgehead atoms. The van der Waals surface area contributed by atoms with Crippen molar-refractivity contribution in [1.82, 2.24) is 5.32 Å². The first-order valence-electron chi connectivity index (χ1n) is 6.28. The summed E-state index contributed by atoms with van der Waals surface area (Å²) in [5.74, 6) is 1.95. The number of furan rings is 1. The summed E-state index contributed by atoms with van der Waals surface area (Å²) in [5.41, 5.74) is 0. The zero-order chi connectivity index (χ0) is 11.4. The molecule has 1 atom stereocenters. The molecule has 90 valence electrons. The summed E-state index contributed by atoms with van der Waals surface area (Å²) < 4.78 is 5.50. The van der Waals surface area contributed by atoms with E-state index in [0.717, 1.165) is 31.1 Å². The first kappa shape index (κ1) is 12.0. The SMILES string of the molecule is CCCNC(CCC1CC1)c1ccc(Cl)o1. The molecule has 1 fully saturated rings. The highest BCUT2D eigenvalue weighted by atomic mass is 35.5. The van der Waals surface area contributed by atoms with Crippen LogP contribution in [0.5, 0.6) is 0 Å². The highest BCUT2D eigenvalue weighted by Crippen LogP contribution is 2.36. The molecule has 1 unspecified atom stereocenters. The van der Waals surface area contributed by atoms with E-state index in [1.54, 1.807) is 0 Å². The fourth-order valence-electron chi connectivity index (χ4n) is 1.99. The van der Waals surface area contributed by atoms with Gasteiger partial charge in [-0.15, -0.1) is 0 Å². The lowest BCUT2D eigenvalue weighted by atomic mass is 10.1. The molecule has 1 N–H and O–H groups in total. The number of hydrogen-bond donors (Lipinski definition) is 1. The molecule has 1 aliphatic carbocycles. The number of rotatable bonds is 7. The zero-order valence-electron chi connectivity index (χ0n) is 9.84. The summed E-state index contributed by atoms with van der Waals surface area (Å²) in [6.45, 7) is 3.22. The van der Waals surface area contributed by atoms with Gasteiger partial charge in [-0.1, -0.05) is 19.8 Å². The summed E-state index contributed by atoms with van der Waals surface area (Å²) in [5, 5.41) is 4.02. The van der Waals surface area contributed by atoms with Gasteiger partial charge in [-0.3, -0.25) is 0 Å². The van der Waals surface area contributed by atoms with Crippen LogP contribution in [0.4, 0.5) is 0 Å². The maximum atomic E-state index is 5.82. The van der Waals surface area contributed by atoms with E-state index >= 15 is 0 Å². The number of halogens is 1. The van der Waals surface area contributed by atoms with Crippen LogP contribution in [0.25, 0.3) is 0 Å². The Labute approximate surface area is 102 Å². The van der Waals surface area contributed by atoms with Crippen LogP contribution >= 0.6 is 11.6 Å². The summed E-state index contributed by atoms with van der Waals surface area (Å²) in [6.07, 6.45) is 6.45. The lowest BCUT2D eigenvalue weighted by molar-refractivity contribution is 0.384. The minimum atomic E-state index is 0.341. The fraction of sp³-hybridized carbons (Fsp3) is 0.692. The second kappa shape index (κ2) is 5.74. The van der Waals surface area contributed by atoms with Gasteiger partial charge in [0.2, 0.25) is 0 Å². The Bertz CT molecular complexity index is 319. The smallest absolute Gasteiger partial charge is 0.193 e. The van der Waals surface area contributed by atoms with E-state index in [9.17, 15) is 0 Å². The molecule has 1 heterocycles. The Morgan fingerprint density at radius 2 is 2.31 bits per heavy atom. The van der Waals surface area contributed by atoms with E-state index in [0.29, 0.717) is 11.3 Å². The minimum Gasteiger partial charge on any atom is -0.448 e. The predicted molar refractivity (Wildman–Crippen MR) is 66.7 cm³/mol. The van der Waals surface area contributed by atoms with Gasteiger partial charge in [-0.05, 0) is 55.5 Å². The highest BCUT2D eigenvalue weighted by molar-refractivity contribution is 6.28. The second-order valence-electron chi connectivity index (χ2n) is 4.67. The molecule has 0 radical (unpaired) electrons. The summed E-state index contributed by atoms with van der Waals surface area (Å²) >= 11 is 5.82. The summed E-state index contributed by atoms with van der Waals surface area (Å²) in [4.78, 5) is 0. The van der Waals surface area contributed by atoms with Gasteiger partial charge in [0.05, 0.1) is 6.04 Å². The first-order chi connectivity index (χ1) is 7.79. The van der Waals surface area contributed by atoms with E-state index in [4.69, 9.17) is 16.0 Å². The molecule has 1 aliphatic rings. The van der Waals surface area contributed by atoms with Crippen LogP contribution < -0.4 is 5.32 Å². The average molecular weight is 242 g/mol. The second-order valence-corrected chi connectivity index (χ2v) is 5.04. The Balaban J connectivity index is 1.89. The molecule has 1 saturated carbocycles. The van der Waals surface area contributed by atoms with Crippen LogP contribution in [0.2, 0.25) is 5.22 Å². The molecule has 0 saturated heterocycles. The molecule has 16 heavy (non-hydrogen) atoms. The van der Waals surface area contributed by atoms with Crippen molar-refractivity contribution < 1.29 is 4.42 Å². The quantitative estimate of drug-likeness (QED) is 0.775. The van der Waals surface area contributed by atoms with Gasteiger partial charge in [0.1, 0.15) is 5.76 Å². The zero-order valence-corrected chi connectivity index (χ0v) is 10.6. The molecular formula is C13H20ClNO. The molecule has 0 amide bonds. The molecule has 3 heteroatoms. The van der Waals surface area contributed by atoms with E-state index in [1.807, 2.05) is 12.1 Å². The van der Waals surface area contributed by atoms with E-state index in [1.165, 1.54) is 19.3 Å². The third kappa shape index (κ3) is 3.53.